The lowest BCUT2D eigenvalue weighted by Crippen LogP contribution is -2.28. The van der Waals surface area contributed by atoms with Crippen molar-refractivity contribution in [3.05, 3.63) is 29.8 Å². The second-order valence-electron chi connectivity index (χ2n) is 4.37. The summed E-state index contributed by atoms with van der Waals surface area (Å²) in [4.78, 5) is 2.01. The average Bonchev–Trinajstić information content (AvgIpc) is 2.42. The zero-order valence-corrected chi connectivity index (χ0v) is 11.7. The van der Waals surface area contributed by atoms with Gasteiger partial charge in [0.2, 0.25) is 0 Å². The third-order valence-electron chi connectivity index (χ3n) is 2.71. The largest absolute Gasteiger partial charge is 0.573 e. The summed E-state index contributed by atoms with van der Waals surface area (Å²) >= 11 is 0. The number of methoxy groups -OCH3 is 1. The maximum Gasteiger partial charge on any atom is 0.573 e. The quantitative estimate of drug-likeness (QED) is 0.740. The number of benzene rings is 1. The van der Waals surface area contributed by atoms with Crippen molar-refractivity contribution in [2.75, 3.05) is 26.8 Å². The molecule has 1 rings (SSSR count). The Labute approximate surface area is 121 Å². The lowest BCUT2D eigenvalue weighted by atomic mass is 10.2. The van der Waals surface area contributed by atoms with E-state index in [1.54, 1.807) is 19.2 Å². The third kappa shape index (κ3) is 7.54. The highest BCUT2D eigenvalue weighted by Gasteiger charge is 2.30. The van der Waals surface area contributed by atoms with E-state index in [1.807, 2.05) is 4.90 Å². The zero-order valence-electron chi connectivity index (χ0n) is 11.7. The topological polar surface area (TPSA) is 45.5 Å². The standard InChI is InChI=1S/C14H17F3N2O2/c1-20-10-9-19(8-2-7-18)11-12-3-5-13(6-4-12)21-14(15,16)17/h3-6H,2,8-11H2,1H3. The van der Waals surface area contributed by atoms with Gasteiger partial charge in [0.1, 0.15) is 5.75 Å². The van der Waals surface area contributed by atoms with Crippen LogP contribution in [0.25, 0.3) is 0 Å². The van der Waals surface area contributed by atoms with E-state index in [9.17, 15) is 13.2 Å². The van der Waals surface area contributed by atoms with Crippen molar-refractivity contribution in [1.29, 1.82) is 5.26 Å². The molecule has 0 aliphatic heterocycles. The fourth-order valence-electron chi connectivity index (χ4n) is 1.75. The monoisotopic (exact) mass is 302 g/mol. The summed E-state index contributed by atoms with van der Waals surface area (Å²) in [5.74, 6) is -0.244. The van der Waals surface area contributed by atoms with Crippen LogP contribution >= 0.6 is 0 Å². The van der Waals surface area contributed by atoms with Crippen LogP contribution in [0, 0.1) is 11.3 Å². The van der Waals surface area contributed by atoms with Gasteiger partial charge in [0.15, 0.2) is 0 Å². The van der Waals surface area contributed by atoms with E-state index in [2.05, 4.69) is 10.8 Å². The van der Waals surface area contributed by atoms with E-state index in [-0.39, 0.29) is 5.75 Å². The fourth-order valence-corrected chi connectivity index (χ4v) is 1.75. The molecule has 0 unspecified atom stereocenters. The summed E-state index contributed by atoms with van der Waals surface area (Å²) in [6.07, 6.45) is -4.29. The molecule has 0 radical (unpaired) electrons. The van der Waals surface area contributed by atoms with Crippen molar-refractivity contribution in [2.24, 2.45) is 0 Å². The summed E-state index contributed by atoms with van der Waals surface area (Å²) in [6, 6.07) is 7.78. The van der Waals surface area contributed by atoms with Crippen LogP contribution in [0.5, 0.6) is 5.75 Å². The second kappa shape index (κ2) is 8.49. The minimum Gasteiger partial charge on any atom is -0.406 e. The van der Waals surface area contributed by atoms with Crippen molar-refractivity contribution in [2.45, 2.75) is 19.3 Å². The van der Waals surface area contributed by atoms with E-state index in [0.717, 1.165) is 5.56 Å². The van der Waals surface area contributed by atoms with Crippen LogP contribution in [0.4, 0.5) is 13.2 Å². The molecule has 0 saturated heterocycles. The molecule has 0 heterocycles. The smallest absolute Gasteiger partial charge is 0.406 e. The van der Waals surface area contributed by atoms with Crippen molar-refractivity contribution in [3.8, 4) is 11.8 Å². The highest BCUT2D eigenvalue weighted by molar-refractivity contribution is 5.27. The summed E-state index contributed by atoms with van der Waals surface area (Å²) < 4.78 is 45.0. The van der Waals surface area contributed by atoms with Gasteiger partial charge >= 0.3 is 6.36 Å². The molecule has 0 spiro atoms. The van der Waals surface area contributed by atoms with Gasteiger partial charge in [-0.05, 0) is 17.7 Å². The molecule has 116 valence electrons. The predicted molar refractivity (Wildman–Crippen MR) is 70.5 cm³/mol. The Kier molecular flexibility index (Phi) is 6.99. The van der Waals surface area contributed by atoms with Crippen molar-refractivity contribution >= 4 is 0 Å². The first kappa shape index (κ1) is 17.3. The number of ether oxygens (including phenoxy) is 2. The summed E-state index contributed by atoms with van der Waals surface area (Å²) in [5, 5.41) is 8.62. The van der Waals surface area contributed by atoms with E-state index in [0.29, 0.717) is 32.7 Å². The molecule has 7 heteroatoms. The minimum atomic E-state index is -4.68. The lowest BCUT2D eigenvalue weighted by molar-refractivity contribution is -0.274. The van der Waals surface area contributed by atoms with Gasteiger partial charge in [-0.3, -0.25) is 4.90 Å². The number of nitrogens with zero attached hydrogens (tertiary/aromatic N) is 2. The Morgan fingerprint density at radius 3 is 2.38 bits per heavy atom. The van der Waals surface area contributed by atoms with Crippen LogP contribution in [0.3, 0.4) is 0 Å². The molecule has 0 N–H and O–H groups in total. The Morgan fingerprint density at radius 2 is 1.86 bits per heavy atom. The molecular weight excluding hydrogens is 285 g/mol. The fraction of sp³-hybridized carbons (Fsp3) is 0.500. The Balaban J connectivity index is 2.60. The predicted octanol–water partition coefficient (Wildman–Crippen LogP) is 2.95. The van der Waals surface area contributed by atoms with Crippen molar-refractivity contribution < 1.29 is 22.6 Å². The molecule has 0 bridgehead atoms. The molecule has 0 atom stereocenters. The second-order valence-corrected chi connectivity index (χ2v) is 4.37. The van der Waals surface area contributed by atoms with Gasteiger partial charge in [0, 0.05) is 33.2 Å². The van der Waals surface area contributed by atoms with Gasteiger partial charge in [0.05, 0.1) is 12.7 Å². The maximum atomic E-state index is 12.1. The van der Waals surface area contributed by atoms with Crippen molar-refractivity contribution in [1.82, 2.24) is 4.90 Å². The van der Waals surface area contributed by atoms with Crippen LogP contribution < -0.4 is 4.74 Å². The summed E-state index contributed by atoms with van der Waals surface area (Å²) in [6.45, 7) is 2.30. The SMILES string of the molecule is COCCN(CCC#N)Cc1ccc(OC(F)(F)F)cc1. The van der Waals surface area contributed by atoms with Crippen LogP contribution in [0.2, 0.25) is 0 Å². The highest BCUT2D eigenvalue weighted by Crippen LogP contribution is 2.23. The van der Waals surface area contributed by atoms with Crippen molar-refractivity contribution in [3.63, 3.8) is 0 Å². The first-order valence-electron chi connectivity index (χ1n) is 6.37. The molecule has 4 nitrogen and oxygen atoms in total. The van der Waals surface area contributed by atoms with E-state index < -0.39 is 6.36 Å². The molecule has 21 heavy (non-hydrogen) atoms. The van der Waals surface area contributed by atoms with E-state index in [4.69, 9.17) is 10.00 Å². The molecule has 0 aromatic heterocycles. The summed E-state index contributed by atoms with van der Waals surface area (Å²) in [5.41, 5.74) is 0.846. The van der Waals surface area contributed by atoms with Gasteiger partial charge in [-0.1, -0.05) is 12.1 Å². The average molecular weight is 302 g/mol. The van der Waals surface area contributed by atoms with Crippen LogP contribution in [0.15, 0.2) is 24.3 Å². The Hall–Kier alpha value is -1.78. The minimum absolute atomic E-state index is 0.244. The molecule has 1 aromatic carbocycles. The zero-order chi connectivity index (χ0) is 15.7. The Morgan fingerprint density at radius 1 is 1.19 bits per heavy atom. The molecule has 0 aliphatic carbocycles. The number of rotatable bonds is 8. The van der Waals surface area contributed by atoms with Crippen LogP contribution in [0.1, 0.15) is 12.0 Å². The van der Waals surface area contributed by atoms with Gasteiger partial charge < -0.3 is 9.47 Å². The normalized spacial score (nSPS) is 11.4. The van der Waals surface area contributed by atoms with E-state index >= 15 is 0 Å². The van der Waals surface area contributed by atoms with Gasteiger partial charge in [0.25, 0.3) is 0 Å². The number of hydrogen-bond donors (Lipinski definition) is 0. The molecule has 0 saturated carbocycles. The lowest BCUT2D eigenvalue weighted by Gasteiger charge is -2.21. The van der Waals surface area contributed by atoms with Gasteiger partial charge in [-0.25, -0.2) is 0 Å². The molecule has 0 fully saturated rings. The van der Waals surface area contributed by atoms with E-state index in [1.165, 1.54) is 12.1 Å². The van der Waals surface area contributed by atoms with Gasteiger partial charge in [-0.2, -0.15) is 5.26 Å². The molecule has 0 amide bonds. The van der Waals surface area contributed by atoms with Gasteiger partial charge in [-0.15, -0.1) is 13.2 Å². The Bertz CT molecular complexity index is 455. The highest BCUT2D eigenvalue weighted by atomic mass is 19.4. The maximum absolute atomic E-state index is 12.1. The first-order valence-corrected chi connectivity index (χ1v) is 6.37. The molecule has 1 aromatic rings. The number of halogens is 3. The molecular formula is C14H17F3N2O2. The summed E-state index contributed by atoms with van der Waals surface area (Å²) in [7, 11) is 1.59. The molecule has 0 aliphatic rings. The number of hydrogen-bond acceptors (Lipinski definition) is 4. The van der Waals surface area contributed by atoms with Crippen LogP contribution in [-0.2, 0) is 11.3 Å². The van der Waals surface area contributed by atoms with Crippen LogP contribution in [-0.4, -0.2) is 38.1 Å². The first-order chi connectivity index (χ1) is 9.94. The number of alkyl halides is 3. The number of nitriles is 1. The third-order valence-corrected chi connectivity index (χ3v) is 2.71.